The smallest absolute Gasteiger partial charge is 0.256 e. The SMILES string of the molecule is C=C/C(Cl)=C(/CS(=O)(=O)c1ccc2c(c1)/C(=C/c1[nH]c(C)c(CCC(=O)N3CC[C@@H](O)C3)c1C)C(=O)N2)C(=C)Cl. The molecule has 0 unspecified atom stereocenters. The van der Waals surface area contributed by atoms with Crippen LogP contribution in [0.15, 0.2) is 58.0 Å². The number of fused-ring (bicyclic) bond motifs is 1. The highest BCUT2D eigenvalue weighted by molar-refractivity contribution is 7.91. The van der Waals surface area contributed by atoms with Crippen molar-refractivity contribution in [2.24, 2.45) is 0 Å². The lowest BCUT2D eigenvalue weighted by Gasteiger charge is -2.15. The minimum atomic E-state index is -3.89. The number of aliphatic hydroxyl groups is 1. The highest BCUT2D eigenvalue weighted by Gasteiger charge is 2.29. The molecule has 8 nitrogen and oxygen atoms in total. The molecule has 0 spiro atoms. The maximum absolute atomic E-state index is 13.3. The Bertz CT molecular complexity index is 1590. The first-order valence-corrected chi connectivity index (χ1v) is 15.1. The van der Waals surface area contributed by atoms with E-state index in [1.807, 2.05) is 13.8 Å². The number of anilines is 1. The van der Waals surface area contributed by atoms with E-state index in [9.17, 15) is 23.1 Å². The van der Waals surface area contributed by atoms with E-state index in [0.29, 0.717) is 54.9 Å². The molecule has 4 rings (SSSR count). The summed E-state index contributed by atoms with van der Waals surface area (Å²) in [7, 11) is -3.89. The van der Waals surface area contributed by atoms with Gasteiger partial charge in [-0.25, -0.2) is 8.42 Å². The van der Waals surface area contributed by atoms with Gasteiger partial charge in [0.1, 0.15) is 0 Å². The molecule has 3 heterocycles. The van der Waals surface area contributed by atoms with Gasteiger partial charge in [0.15, 0.2) is 9.84 Å². The third-order valence-electron chi connectivity index (χ3n) is 7.29. The maximum atomic E-state index is 13.3. The number of aromatic nitrogens is 1. The molecule has 1 saturated heterocycles. The summed E-state index contributed by atoms with van der Waals surface area (Å²) in [6.07, 6.45) is 3.96. The van der Waals surface area contributed by atoms with Gasteiger partial charge in [0, 0.05) is 57.8 Å². The molecule has 1 fully saturated rings. The fourth-order valence-corrected chi connectivity index (χ4v) is 7.02. The van der Waals surface area contributed by atoms with Gasteiger partial charge in [0.25, 0.3) is 5.91 Å². The molecular weight excluding hydrogens is 573 g/mol. The monoisotopic (exact) mass is 603 g/mol. The summed E-state index contributed by atoms with van der Waals surface area (Å²) < 4.78 is 26.5. The maximum Gasteiger partial charge on any atom is 0.256 e. The lowest BCUT2D eigenvalue weighted by atomic mass is 10.0. The number of hydrogen-bond acceptors (Lipinski definition) is 5. The van der Waals surface area contributed by atoms with E-state index in [-0.39, 0.29) is 32.3 Å². The zero-order chi connectivity index (χ0) is 29.4. The number of β-amino-alcohol motifs (C(OH)–C–C–N with tert-alkyl or cyclic N) is 1. The predicted molar refractivity (Wildman–Crippen MR) is 159 cm³/mol. The Morgan fingerprint density at radius 2 is 2.00 bits per heavy atom. The normalized spacial score (nSPS) is 18.5. The topological polar surface area (TPSA) is 120 Å². The van der Waals surface area contributed by atoms with E-state index in [4.69, 9.17) is 23.2 Å². The second kappa shape index (κ2) is 11.8. The first-order chi connectivity index (χ1) is 18.8. The number of halogens is 2. The second-order valence-electron chi connectivity index (χ2n) is 9.96. The van der Waals surface area contributed by atoms with E-state index in [1.54, 1.807) is 17.0 Å². The average Bonchev–Trinajstić information content (AvgIpc) is 3.55. The lowest BCUT2D eigenvalue weighted by molar-refractivity contribution is -0.130. The molecule has 0 aliphatic carbocycles. The molecule has 212 valence electrons. The van der Waals surface area contributed by atoms with Crippen LogP contribution in [0.3, 0.4) is 0 Å². The number of benzene rings is 1. The highest BCUT2D eigenvalue weighted by atomic mass is 35.5. The van der Waals surface area contributed by atoms with Crippen LogP contribution in [0.25, 0.3) is 11.6 Å². The van der Waals surface area contributed by atoms with Crippen molar-refractivity contribution in [1.29, 1.82) is 0 Å². The van der Waals surface area contributed by atoms with Gasteiger partial charge in [-0.15, -0.1) is 0 Å². The van der Waals surface area contributed by atoms with Crippen LogP contribution in [0.5, 0.6) is 0 Å². The summed E-state index contributed by atoms with van der Waals surface area (Å²) in [4.78, 5) is 30.5. The first kappa shape index (κ1) is 29.9. The van der Waals surface area contributed by atoms with Crippen LogP contribution in [-0.2, 0) is 25.8 Å². The number of carbonyl (C=O) groups is 2. The second-order valence-corrected chi connectivity index (χ2v) is 12.8. The summed E-state index contributed by atoms with van der Waals surface area (Å²) in [6.45, 7) is 11.9. The summed E-state index contributed by atoms with van der Waals surface area (Å²) in [5, 5.41) is 12.6. The van der Waals surface area contributed by atoms with Gasteiger partial charge in [-0.1, -0.05) is 42.4 Å². The van der Waals surface area contributed by atoms with Gasteiger partial charge >= 0.3 is 0 Å². The van der Waals surface area contributed by atoms with Crippen molar-refractivity contribution >= 4 is 62.2 Å². The number of likely N-dealkylation sites (tertiary alicyclic amines) is 1. The van der Waals surface area contributed by atoms with Crippen LogP contribution in [0, 0.1) is 13.8 Å². The fourth-order valence-electron chi connectivity index (χ4n) is 5.01. The van der Waals surface area contributed by atoms with E-state index in [2.05, 4.69) is 23.5 Å². The van der Waals surface area contributed by atoms with E-state index in [0.717, 1.165) is 16.8 Å². The van der Waals surface area contributed by atoms with Gasteiger partial charge in [-0.05, 0) is 62.1 Å². The Morgan fingerprint density at radius 3 is 2.62 bits per heavy atom. The Morgan fingerprint density at radius 1 is 1.27 bits per heavy atom. The van der Waals surface area contributed by atoms with E-state index in [1.165, 1.54) is 18.2 Å². The van der Waals surface area contributed by atoms with Crippen molar-refractivity contribution in [1.82, 2.24) is 9.88 Å². The minimum Gasteiger partial charge on any atom is -0.391 e. The molecule has 1 aromatic heterocycles. The zero-order valence-corrected chi connectivity index (χ0v) is 24.6. The van der Waals surface area contributed by atoms with Crippen LogP contribution in [0.4, 0.5) is 5.69 Å². The highest BCUT2D eigenvalue weighted by Crippen LogP contribution is 2.36. The summed E-state index contributed by atoms with van der Waals surface area (Å²) in [6, 6.07) is 4.43. The van der Waals surface area contributed by atoms with Gasteiger partial charge in [-0.3, -0.25) is 9.59 Å². The summed E-state index contributed by atoms with van der Waals surface area (Å²) in [5.74, 6) is -0.836. The van der Waals surface area contributed by atoms with Crippen molar-refractivity contribution in [3.63, 3.8) is 0 Å². The van der Waals surface area contributed by atoms with Crippen LogP contribution < -0.4 is 5.32 Å². The Labute approximate surface area is 244 Å². The fraction of sp³-hybridized carbons (Fsp3) is 0.310. The van der Waals surface area contributed by atoms with Gasteiger partial charge in [-0.2, -0.15) is 0 Å². The molecule has 40 heavy (non-hydrogen) atoms. The molecule has 0 bridgehead atoms. The van der Waals surface area contributed by atoms with Crippen molar-refractivity contribution in [3.8, 4) is 0 Å². The quantitative estimate of drug-likeness (QED) is 0.279. The van der Waals surface area contributed by atoms with Crippen molar-refractivity contribution in [2.45, 2.75) is 44.1 Å². The number of aliphatic hydroxyl groups excluding tert-OH is 1. The summed E-state index contributed by atoms with van der Waals surface area (Å²) >= 11 is 12.1. The number of nitrogens with zero attached hydrogens (tertiary/aromatic N) is 1. The Kier molecular flexibility index (Phi) is 8.80. The number of aromatic amines is 1. The van der Waals surface area contributed by atoms with Crippen molar-refractivity contribution in [2.75, 3.05) is 24.2 Å². The third kappa shape index (κ3) is 6.12. The lowest BCUT2D eigenvalue weighted by Crippen LogP contribution is -2.29. The van der Waals surface area contributed by atoms with Crippen LogP contribution in [-0.4, -0.2) is 60.2 Å². The molecule has 3 N–H and O–H groups in total. The number of aryl methyl sites for hydroxylation is 1. The molecular formula is C29H31Cl2N3O5S. The molecule has 1 atom stereocenters. The Balaban J connectivity index is 1.62. The number of hydrogen-bond donors (Lipinski definition) is 3. The number of H-pyrrole nitrogens is 1. The number of rotatable bonds is 9. The van der Waals surface area contributed by atoms with Gasteiger partial charge in [0.2, 0.25) is 5.91 Å². The number of amides is 2. The molecule has 0 radical (unpaired) electrons. The van der Waals surface area contributed by atoms with E-state index >= 15 is 0 Å². The number of carbonyl (C=O) groups excluding carboxylic acids is 2. The summed E-state index contributed by atoms with van der Waals surface area (Å²) in [5.41, 5.74) is 4.87. The largest absolute Gasteiger partial charge is 0.391 e. The van der Waals surface area contributed by atoms with Crippen LogP contribution >= 0.6 is 23.2 Å². The zero-order valence-electron chi connectivity index (χ0n) is 22.3. The number of allylic oxidation sites excluding steroid dienone is 3. The molecule has 2 aliphatic heterocycles. The van der Waals surface area contributed by atoms with Gasteiger partial charge < -0.3 is 20.3 Å². The number of sulfone groups is 1. The Hall–Kier alpha value is -3.11. The molecule has 2 amide bonds. The average molecular weight is 605 g/mol. The molecule has 2 aromatic rings. The van der Waals surface area contributed by atoms with Crippen LogP contribution in [0.1, 0.15) is 40.9 Å². The molecule has 11 heteroatoms. The third-order valence-corrected chi connectivity index (χ3v) is 9.54. The van der Waals surface area contributed by atoms with E-state index < -0.39 is 21.7 Å². The first-order valence-electron chi connectivity index (χ1n) is 12.7. The molecule has 0 saturated carbocycles. The molecule has 1 aromatic carbocycles. The van der Waals surface area contributed by atoms with Crippen LogP contribution in [0.2, 0.25) is 0 Å². The van der Waals surface area contributed by atoms with Crippen molar-refractivity contribution in [3.05, 3.63) is 81.1 Å². The van der Waals surface area contributed by atoms with Gasteiger partial charge in [0.05, 0.1) is 22.3 Å². The van der Waals surface area contributed by atoms with Crippen molar-refractivity contribution < 1.29 is 23.1 Å². The number of nitrogens with one attached hydrogen (secondary N) is 2. The minimum absolute atomic E-state index is 0.000167. The standard InChI is InChI=1S/C29H31Cl2N3O5S/c1-5-25(31)24(17(3)30)15-40(38,39)20-6-8-26-22(12-20)23(29(37)33-26)13-27-16(2)21(18(4)32-27)7-9-28(36)34-11-10-19(35)14-34/h5-6,8,12-13,19,32,35H,1,3,7,9-11,14-15H2,2,4H3,(H,33,37)/b23-13-,25-24+/t19-/m1/s1. The molecule has 2 aliphatic rings. The predicted octanol–water partition coefficient (Wildman–Crippen LogP) is 4.86.